The Morgan fingerprint density at radius 1 is 0.378 bits per heavy atom. The van der Waals surface area contributed by atoms with Gasteiger partial charge in [-0.1, -0.05) is 48.6 Å². The maximum atomic E-state index is 9.00. The molecule has 8 N–H and O–H groups in total. The SMILES string of the molecule is CC(=O)O.CC(=O)O.CC(=O)O.CC(=O)O.CN=C(C)NCCCOc1cc(/C=C/c2ccc(/C=C/c3cc(OCCCNC(C)=NC)cc(OCCCNC(C)=NC)c3)cc2)cc(OCCCNC(C)=NC)c1. The molecule has 0 atom stereocenters. The number of hydrogen-bond donors (Lipinski definition) is 8. The van der Waals surface area contributed by atoms with Crippen LogP contribution in [-0.4, -0.2) is 148 Å². The van der Waals surface area contributed by atoms with E-state index in [-0.39, 0.29) is 0 Å². The monoisotopic (exact) mass is 1030 g/mol. The third kappa shape index (κ3) is 44.1. The summed E-state index contributed by atoms with van der Waals surface area (Å²) in [5, 5.41) is 42.8. The molecular formula is C54H82N8O12. The van der Waals surface area contributed by atoms with Crippen molar-refractivity contribution in [3.8, 4) is 23.0 Å². The van der Waals surface area contributed by atoms with E-state index in [1.54, 1.807) is 28.2 Å². The van der Waals surface area contributed by atoms with Crippen LogP contribution in [-0.2, 0) is 19.2 Å². The van der Waals surface area contributed by atoms with Gasteiger partial charge in [-0.2, -0.15) is 0 Å². The van der Waals surface area contributed by atoms with Gasteiger partial charge in [0.1, 0.15) is 23.0 Å². The second kappa shape index (κ2) is 43.9. The van der Waals surface area contributed by atoms with Crippen molar-refractivity contribution in [3.05, 3.63) is 82.9 Å². The van der Waals surface area contributed by atoms with Crippen molar-refractivity contribution in [3.63, 3.8) is 0 Å². The van der Waals surface area contributed by atoms with Gasteiger partial charge < -0.3 is 60.6 Å². The van der Waals surface area contributed by atoms with Crippen molar-refractivity contribution >= 4 is 71.5 Å². The second-order valence-electron chi connectivity index (χ2n) is 15.6. The van der Waals surface area contributed by atoms with E-state index in [9.17, 15) is 0 Å². The second-order valence-corrected chi connectivity index (χ2v) is 15.6. The number of ether oxygens (including phenoxy) is 4. The molecule has 20 nitrogen and oxygen atoms in total. The Morgan fingerprint density at radius 2 is 0.568 bits per heavy atom. The molecule has 0 spiro atoms. The van der Waals surface area contributed by atoms with Crippen LogP contribution in [0.4, 0.5) is 0 Å². The number of nitrogens with zero attached hydrogens (tertiary/aromatic N) is 4. The molecular weight excluding hydrogens is 953 g/mol. The molecule has 0 fully saturated rings. The average molecular weight is 1040 g/mol. The van der Waals surface area contributed by atoms with Crippen molar-refractivity contribution < 1.29 is 58.6 Å². The summed E-state index contributed by atoms with van der Waals surface area (Å²) in [6, 6.07) is 20.6. The zero-order valence-electron chi connectivity index (χ0n) is 45.4. The van der Waals surface area contributed by atoms with Gasteiger partial charge in [-0.05, 0) is 99.9 Å². The van der Waals surface area contributed by atoms with Gasteiger partial charge in [-0.3, -0.25) is 39.1 Å². The number of carboxylic acids is 4. The van der Waals surface area contributed by atoms with Gasteiger partial charge in [0, 0.05) is 94.2 Å². The van der Waals surface area contributed by atoms with Gasteiger partial charge in [0.25, 0.3) is 23.9 Å². The van der Waals surface area contributed by atoms with E-state index in [1.807, 2.05) is 64.1 Å². The van der Waals surface area contributed by atoms with Gasteiger partial charge >= 0.3 is 0 Å². The molecule has 0 aliphatic carbocycles. The van der Waals surface area contributed by atoms with Crippen molar-refractivity contribution in [2.45, 2.75) is 81.1 Å². The zero-order chi connectivity index (χ0) is 56.1. The average Bonchev–Trinajstić information content (AvgIpc) is 3.33. The molecule has 0 bridgehead atoms. The van der Waals surface area contributed by atoms with Crippen LogP contribution in [0.1, 0.15) is 103 Å². The molecule has 0 saturated heterocycles. The topological polar surface area (TPSA) is 284 Å². The predicted octanol–water partition coefficient (Wildman–Crippen LogP) is 8.02. The lowest BCUT2D eigenvalue weighted by Gasteiger charge is -2.12. The first-order valence-electron chi connectivity index (χ1n) is 23.9. The highest BCUT2D eigenvalue weighted by Gasteiger charge is 2.06. The first-order valence-corrected chi connectivity index (χ1v) is 23.9. The summed E-state index contributed by atoms with van der Waals surface area (Å²) in [5.41, 5.74) is 4.16. The van der Waals surface area contributed by atoms with Crippen LogP contribution in [0.3, 0.4) is 0 Å². The van der Waals surface area contributed by atoms with Gasteiger partial charge in [-0.15, -0.1) is 0 Å². The fourth-order valence-electron chi connectivity index (χ4n) is 5.26. The van der Waals surface area contributed by atoms with Crippen LogP contribution in [0, 0.1) is 0 Å². The molecule has 20 heteroatoms. The van der Waals surface area contributed by atoms with Gasteiger partial charge in [0.2, 0.25) is 0 Å². The molecule has 0 amide bonds. The summed E-state index contributed by atoms with van der Waals surface area (Å²) in [5.74, 6) is 3.43. The Labute approximate surface area is 437 Å². The van der Waals surface area contributed by atoms with E-state index >= 15 is 0 Å². The Bertz CT molecular complexity index is 1970. The number of carboxylic acid groups (broad SMARTS) is 4. The number of nitrogens with one attached hydrogen (secondary N) is 4. The maximum absolute atomic E-state index is 9.00. The highest BCUT2D eigenvalue weighted by molar-refractivity contribution is 5.80. The number of hydrogen-bond acceptors (Lipinski definition) is 12. The molecule has 74 heavy (non-hydrogen) atoms. The van der Waals surface area contributed by atoms with Crippen molar-refractivity contribution in [2.75, 3.05) is 80.8 Å². The third-order valence-corrected chi connectivity index (χ3v) is 8.90. The Balaban J connectivity index is 0. The minimum atomic E-state index is -0.833. The van der Waals surface area contributed by atoms with Crippen LogP contribution >= 0.6 is 0 Å². The predicted molar refractivity (Wildman–Crippen MR) is 299 cm³/mol. The molecule has 0 aliphatic heterocycles. The maximum Gasteiger partial charge on any atom is 0.300 e. The van der Waals surface area contributed by atoms with Crippen molar-refractivity contribution in [1.82, 2.24) is 21.3 Å². The lowest BCUT2D eigenvalue weighted by Crippen LogP contribution is -2.22. The normalized spacial score (nSPS) is 11.2. The lowest BCUT2D eigenvalue weighted by atomic mass is 10.1. The Kier molecular flexibility index (Phi) is 40.4. The number of aliphatic carboxylic acids is 4. The highest BCUT2D eigenvalue weighted by Crippen LogP contribution is 2.27. The van der Waals surface area contributed by atoms with Gasteiger partial charge in [0.05, 0.1) is 49.8 Å². The van der Waals surface area contributed by atoms with E-state index in [4.69, 9.17) is 58.6 Å². The first kappa shape index (κ1) is 68.2. The highest BCUT2D eigenvalue weighted by atomic mass is 16.5. The van der Waals surface area contributed by atoms with E-state index in [0.717, 1.165) is 148 Å². The van der Waals surface area contributed by atoms with Gasteiger partial charge in [0.15, 0.2) is 0 Å². The smallest absolute Gasteiger partial charge is 0.300 e. The minimum Gasteiger partial charge on any atom is -0.493 e. The largest absolute Gasteiger partial charge is 0.493 e. The lowest BCUT2D eigenvalue weighted by molar-refractivity contribution is -0.135. The number of aliphatic imine (C=N–C) groups is 4. The molecule has 0 unspecified atom stereocenters. The Hall–Kier alpha value is -7.90. The number of amidine groups is 4. The summed E-state index contributed by atoms with van der Waals surface area (Å²) in [7, 11) is 7.12. The van der Waals surface area contributed by atoms with Crippen LogP contribution in [0.2, 0.25) is 0 Å². The quantitative estimate of drug-likeness (QED) is 0.0182. The van der Waals surface area contributed by atoms with Crippen molar-refractivity contribution in [1.29, 1.82) is 0 Å². The van der Waals surface area contributed by atoms with Crippen molar-refractivity contribution in [2.24, 2.45) is 20.0 Å². The summed E-state index contributed by atoms with van der Waals surface area (Å²) in [6.45, 7) is 17.7. The Morgan fingerprint density at radius 3 is 0.757 bits per heavy atom. The van der Waals surface area contributed by atoms with E-state index in [2.05, 4.69) is 89.8 Å². The fraction of sp³-hybridized carbons (Fsp3) is 0.444. The first-order chi connectivity index (χ1) is 35.1. The molecule has 0 heterocycles. The summed E-state index contributed by atoms with van der Waals surface area (Å²) in [6.07, 6.45) is 11.8. The van der Waals surface area contributed by atoms with E-state index < -0.39 is 23.9 Å². The van der Waals surface area contributed by atoms with Gasteiger partial charge in [-0.25, -0.2) is 0 Å². The molecule has 0 saturated carbocycles. The molecule has 0 aliphatic rings. The number of carbonyl (C=O) groups is 4. The van der Waals surface area contributed by atoms with Crippen LogP contribution < -0.4 is 40.2 Å². The van der Waals surface area contributed by atoms with E-state index in [1.165, 1.54) is 0 Å². The zero-order valence-corrected chi connectivity index (χ0v) is 45.4. The van der Waals surface area contributed by atoms with Crippen LogP contribution in [0.15, 0.2) is 80.6 Å². The van der Waals surface area contributed by atoms with Crippen LogP contribution in [0.25, 0.3) is 24.3 Å². The summed E-state index contributed by atoms with van der Waals surface area (Å²) < 4.78 is 24.6. The van der Waals surface area contributed by atoms with E-state index in [0.29, 0.717) is 26.4 Å². The minimum absolute atomic E-state index is 0.580. The molecule has 410 valence electrons. The van der Waals surface area contributed by atoms with Crippen LogP contribution in [0.5, 0.6) is 23.0 Å². The number of rotatable bonds is 24. The molecule has 3 aromatic carbocycles. The third-order valence-electron chi connectivity index (χ3n) is 8.90. The summed E-state index contributed by atoms with van der Waals surface area (Å²) >= 11 is 0. The number of benzene rings is 3. The summed E-state index contributed by atoms with van der Waals surface area (Å²) in [4.78, 5) is 52.6. The fourth-order valence-corrected chi connectivity index (χ4v) is 5.26. The molecule has 0 radical (unpaired) electrons. The molecule has 3 rings (SSSR count). The molecule has 0 aromatic heterocycles. The standard InChI is InChI=1S/C46H66N8O4.4C2H4O2/c1-35(47-5)51-21-9-25-55-43-29-41(30-44(33-43)56-26-10-22-52-36(2)48-6)19-17-39-13-15-40(16-14-39)18-20-42-31-45(57-27-11-23-53-37(3)49-7)34-46(32-42)58-28-12-24-54-38(4)50-8;4*1-2(3)4/h13-20,29-34H,9-12,21-28H2,1-8H3,(H,47,51)(H,48,52)(H,49,53)(H,50,54);4*1H3,(H,3,4)/b19-17+,20-18+;;;;. The molecule has 3 aromatic rings.